The number of ether oxygens (including phenoxy) is 1. The molecular weight excluding hydrogens is 200 g/mol. The van der Waals surface area contributed by atoms with Crippen LogP contribution >= 0.6 is 0 Å². The SMILES string of the molecule is COCC(C)(C)c1ccc(CCC=O)cc1. The third-order valence-electron chi connectivity index (χ3n) is 2.79. The van der Waals surface area contributed by atoms with E-state index < -0.39 is 0 Å². The van der Waals surface area contributed by atoms with Crippen molar-refractivity contribution in [1.82, 2.24) is 0 Å². The molecule has 0 aliphatic heterocycles. The highest BCUT2D eigenvalue weighted by atomic mass is 16.5. The minimum Gasteiger partial charge on any atom is -0.384 e. The van der Waals surface area contributed by atoms with E-state index in [1.54, 1.807) is 7.11 Å². The van der Waals surface area contributed by atoms with Gasteiger partial charge in [-0.2, -0.15) is 0 Å². The molecule has 0 radical (unpaired) electrons. The lowest BCUT2D eigenvalue weighted by molar-refractivity contribution is -0.107. The summed E-state index contributed by atoms with van der Waals surface area (Å²) in [7, 11) is 1.72. The van der Waals surface area contributed by atoms with Gasteiger partial charge in [0.15, 0.2) is 0 Å². The monoisotopic (exact) mass is 220 g/mol. The zero-order valence-corrected chi connectivity index (χ0v) is 10.3. The molecular formula is C14H20O2. The molecule has 1 rings (SSSR count). The van der Waals surface area contributed by atoms with Gasteiger partial charge in [-0.1, -0.05) is 38.1 Å². The Morgan fingerprint density at radius 1 is 1.25 bits per heavy atom. The summed E-state index contributed by atoms with van der Waals surface area (Å²) in [4.78, 5) is 10.3. The Balaban J connectivity index is 2.73. The number of carbonyl (C=O) groups excluding carboxylic acids is 1. The molecule has 16 heavy (non-hydrogen) atoms. The molecule has 0 unspecified atom stereocenters. The lowest BCUT2D eigenvalue weighted by Crippen LogP contribution is -2.23. The second-order valence-electron chi connectivity index (χ2n) is 4.72. The van der Waals surface area contributed by atoms with Crippen LogP contribution in [0.15, 0.2) is 24.3 Å². The van der Waals surface area contributed by atoms with Crippen LogP contribution in [0.1, 0.15) is 31.4 Å². The third-order valence-corrected chi connectivity index (χ3v) is 2.79. The number of hydrogen-bond donors (Lipinski definition) is 0. The van der Waals surface area contributed by atoms with Crippen LogP contribution in [0.25, 0.3) is 0 Å². The molecule has 0 spiro atoms. The van der Waals surface area contributed by atoms with Crippen molar-refractivity contribution < 1.29 is 9.53 Å². The predicted octanol–water partition coefficient (Wildman–Crippen LogP) is 2.74. The Hall–Kier alpha value is -1.15. The van der Waals surface area contributed by atoms with Crippen molar-refractivity contribution >= 4 is 6.29 Å². The lowest BCUT2D eigenvalue weighted by atomic mass is 9.85. The summed E-state index contributed by atoms with van der Waals surface area (Å²) in [6, 6.07) is 8.44. The quantitative estimate of drug-likeness (QED) is 0.689. The van der Waals surface area contributed by atoms with Gasteiger partial charge in [-0.3, -0.25) is 0 Å². The van der Waals surface area contributed by atoms with E-state index in [0.717, 1.165) is 12.7 Å². The van der Waals surface area contributed by atoms with Crippen LogP contribution in [0, 0.1) is 0 Å². The second kappa shape index (κ2) is 5.80. The van der Waals surface area contributed by atoms with Crippen molar-refractivity contribution in [3.05, 3.63) is 35.4 Å². The average molecular weight is 220 g/mol. The second-order valence-corrected chi connectivity index (χ2v) is 4.72. The normalized spacial score (nSPS) is 11.4. The summed E-state index contributed by atoms with van der Waals surface area (Å²) in [5, 5.41) is 0. The van der Waals surface area contributed by atoms with Crippen LogP contribution in [0.5, 0.6) is 0 Å². The first-order valence-corrected chi connectivity index (χ1v) is 5.62. The number of aryl methyl sites for hydroxylation is 1. The van der Waals surface area contributed by atoms with Gasteiger partial charge in [0, 0.05) is 18.9 Å². The van der Waals surface area contributed by atoms with Crippen molar-refractivity contribution in [3.8, 4) is 0 Å². The summed E-state index contributed by atoms with van der Waals surface area (Å²) >= 11 is 0. The van der Waals surface area contributed by atoms with E-state index in [9.17, 15) is 4.79 Å². The van der Waals surface area contributed by atoms with Crippen LogP contribution in [-0.2, 0) is 21.4 Å². The van der Waals surface area contributed by atoms with E-state index in [-0.39, 0.29) is 5.41 Å². The summed E-state index contributed by atoms with van der Waals surface area (Å²) < 4.78 is 5.21. The van der Waals surface area contributed by atoms with Gasteiger partial charge in [-0.15, -0.1) is 0 Å². The van der Waals surface area contributed by atoms with Crippen LogP contribution in [0.2, 0.25) is 0 Å². The smallest absolute Gasteiger partial charge is 0.120 e. The van der Waals surface area contributed by atoms with Crippen molar-refractivity contribution in [2.24, 2.45) is 0 Å². The highest BCUT2D eigenvalue weighted by Crippen LogP contribution is 2.23. The van der Waals surface area contributed by atoms with E-state index >= 15 is 0 Å². The summed E-state index contributed by atoms with van der Waals surface area (Å²) in [5.74, 6) is 0. The van der Waals surface area contributed by atoms with Crippen molar-refractivity contribution in [1.29, 1.82) is 0 Å². The minimum atomic E-state index is 0.0396. The zero-order chi connectivity index (χ0) is 12.0. The number of carbonyl (C=O) groups is 1. The van der Waals surface area contributed by atoms with Crippen LogP contribution in [-0.4, -0.2) is 20.0 Å². The Labute approximate surface area is 97.6 Å². The van der Waals surface area contributed by atoms with Gasteiger partial charge in [0.25, 0.3) is 0 Å². The Morgan fingerprint density at radius 3 is 2.38 bits per heavy atom. The molecule has 0 N–H and O–H groups in total. The molecule has 0 bridgehead atoms. The molecule has 2 nitrogen and oxygen atoms in total. The van der Waals surface area contributed by atoms with Crippen molar-refractivity contribution in [3.63, 3.8) is 0 Å². The lowest BCUT2D eigenvalue weighted by Gasteiger charge is -2.24. The van der Waals surface area contributed by atoms with Crippen molar-refractivity contribution in [2.45, 2.75) is 32.1 Å². The van der Waals surface area contributed by atoms with E-state index in [1.165, 1.54) is 11.1 Å². The predicted molar refractivity (Wildman–Crippen MR) is 65.7 cm³/mol. The fourth-order valence-corrected chi connectivity index (χ4v) is 1.79. The molecule has 0 amide bonds. The van der Waals surface area contributed by atoms with Gasteiger partial charge < -0.3 is 9.53 Å². The molecule has 0 heterocycles. The summed E-state index contributed by atoms with van der Waals surface area (Å²) in [5.41, 5.74) is 2.52. The highest BCUT2D eigenvalue weighted by Gasteiger charge is 2.19. The molecule has 88 valence electrons. The first kappa shape index (κ1) is 12.9. The third kappa shape index (κ3) is 3.46. The molecule has 1 aromatic carbocycles. The molecule has 0 aromatic heterocycles. The maximum atomic E-state index is 10.3. The van der Waals surface area contributed by atoms with Gasteiger partial charge in [0.2, 0.25) is 0 Å². The molecule has 0 aliphatic rings. The van der Waals surface area contributed by atoms with Crippen LogP contribution in [0.4, 0.5) is 0 Å². The first-order chi connectivity index (χ1) is 7.60. The topological polar surface area (TPSA) is 26.3 Å². The van der Waals surface area contributed by atoms with Gasteiger partial charge >= 0.3 is 0 Å². The van der Waals surface area contributed by atoms with E-state index in [0.29, 0.717) is 13.0 Å². The van der Waals surface area contributed by atoms with Gasteiger partial charge in [-0.05, 0) is 17.5 Å². The molecule has 0 saturated heterocycles. The first-order valence-electron chi connectivity index (χ1n) is 5.62. The molecule has 2 heteroatoms. The van der Waals surface area contributed by atoms with Crippen LogP contribution < -0.4 is 0 Å². The van der Waals surface area contributed by atoms with E-state index in [1.807, 2.05) is 0 Å². The number of benzene rings is 1. The van der Waals surface area contributed by atoms with Crippen molar-refractivity contribution in [2.75, 3.05) is 13.7 Å². The number of methoxy groups -OCH3 is 1. The molecule has 1 aromatic rings. The van der Waals surface area contributed by atoms with Gasteiger partial charge in [0.1, 0.15) is 6.29 Å². The largest absolute Gasteiger partial charge is 0.384 e. The molecule has 0 fully saturated rings. The summed E-state index contributed by atoms with van der Waals surface area (Å²) in [6.45, 7) is 5.04. The number of rotatable bonds is 6. The van der Waals surface area contributed by atoms with Gasteiger partial charge in [0.05, 0.1) is 6.61 Å². The zero-order valence-electron chi connectivity index (χ0n) is 10.3. The summed E-state index contributed by atoms with van der Waals surface area (Å²) in [6.07, 6.45) is 2.39. The fourth-order valence-electron chi connectivity index (χ4n) is 1.79. The fraction of sp³-hybridized carbons (Fsp3) is 0.500. The highest BCUT2D eigenvalue weighted by molar-refractivity contribution is 5.50. The Kier molecular flexibility index (Phi) is 4.69. The van der Waals surface area contributed by atoms with E-state index in [4.69, 9.17) is 4.74 Å². The Bertz CT molecular complexity index is 325. The number of hydrogen-bond acceptors (Lipinski definition) is 2. The van der Waals surface area contributed by atoms with Crippen LogP contribution in [0.3, 0.4) is 0 Å². The maximum absolute atomic E-state index is 10.3. The molecule has 0 aliphatic carbocycles. The minimum absolute atomic E-state index is 0.0396. The molecule has 0 atom stereocenters. The Morgan fingerprint density at radius 2 is 1.88 bits per heavy atom. The van der Waals surface area contributed by atoms with E-state index in [2.05, 4.69) is 38.1 Å². The average Bonchev–Trinajstić information content (AvgIpc) is 2.27. The van der Waals surface area contributed by atoms with Gasteiger partial charge in [-0.25, -0.2) is 0 Å². The molecule has 0 saturated carbocycles. The maximum Gasteiger partial charge on any atom is 0.120 e. The standard InChI is InChI=1S/C14H20O2/c1-14(2,11-16-3)13-8-6-12(7-9-13)5-4-10-15/h6-10H,4-5,11H2,1-3H3. The number of aldehydes is 1.